The number of benzene rings is 1. The molecule has 0 spiro atoms. The van der Waals surface area contributed by atoms with Crippen molar-refractivity contribution in [1.82, 2.24) is 0 Å². The Hall–Kier alpha value is -0.870. The maximum absolute atomic E-state index is 10.6. The molecule has 0 fully saturated rings. The Bertz CT molecular complexity index is 464. The van der Waals surface area contributed by atoms with Crippen LogP contribution in [0.5, 0.6) is 0 Å². The van der Waals surface area contributed by atoms with Crippen LogP contribution in [0.1, 0.15) is 0 Å². The van der Waals surface area contributed by atoms with Crippen molar-refractivity contribution in [1.29, 1.82) is 0 Å². The third-order valence-corrected chi connectivity index (χ3v) is 2.26. The molecule has 0 aromatic heterocycles. The zero-order chi connectivity index (χ0) is 11.6. The molecule has 10 heteroatoms. The first kappa shape index (κ1) is 15.1. The van der Waals surface area contributed by atoms with Crippen molar-refractivity contribution < 1.29 is 18.6 Å². The SMILES string of the molecule is O=[N+]([O-])c1ccc(S(=O)O)c([N+](=O)[O-])c1.[NaH]. The van der Waals surface area contributed by atoms with Crippen molar-refractivity contribution >= 4 is 52.0 Å². The fourth-order valence-corrected chi connectivity index (χ4v) is 1.41. The number of non-ortho nitro benzene ring substituents is 1. The van der Waals surface area contributed by atoms with E-state index in [1.54, 1.807) is 0 Å². The number of hydrogen-bond donors (Lipinski definition) is 1. The predicted octanol–water partition coefficient (Wildman–Crippen LogP) is 0.435. The van der Waals surface area contributed by atoms with Crippen LogP contribution in [0.2, 0.25) is 0 Å². The van der Waals surface area contributed by atoms with Crippen molar-refractivity contribution in [3.63, 3.8) is 0 Å². The zero-order valence-corrected chi connectivity index (χ0v) is 7.84. The second kappa shape index (κ2) is 6.01. The summed E-state index contributed by atoms with van der Waals surface area (Å²) in [5, 5.41) is 20.7. The Labute approximate surface area is 114 Å². The van der Waals surface area contributed by atoms with Crippen LogP contribution < -0.4 is 0 Å². The molecule has 1 rings (SSSR count). The van der Waals surface area contributed by atoms with E-state index in [1.165, 1.54) is 0 Å². The molecular weight excluding hydrogens is 251 g/mol. The number of nitro benzene ring substituents is 2. The molecule has 82 valence electrons. The van der Waals surface area contributed by atoms with Crippen molar-refractivity contribution in [2.45, 2.75) is 4.90 Å². The van der Waals surface area contributed by atoms with Gasteiger partial charge in [0.05, 0.1) is 15.9 Å². The average Bonchev–Trinajstić information content (AvgIpc) is 2.16. The van der Waals surface area contributed by atoms with Gasteiger partial charge < -0.3 is 4.55 Å². The first-order valence-corrected chi connectivity index (χ1v) is 4.58. The Kier molecular flexibility index (Phi) is 5.68. The predicted molar refractivity (Wildman–Crippen MR) is 55.9 cm³/mol. The summed E-state index contributed by atoms with van der Waals surface area (Å²) in [4.78, 5) is 18.5. The van der Waals surface area contributed by atoms with Crippen LogP contribution in [0.25, 0.3) is 0 Å². The number of nitrogens with zero attached hydrogens (tertiary/aromatic N) is 2. The van der Waals surface area contributed by atoms with Crippen LogP contribution in [0, 0.1) is 20.2 Å². The summed E-state index contributed by atoms with van der Waals surface area (Å²) in [5.41, 5.74) is -1.25. The van der Waals surface area contributed by atoms with Gasteiger partial charge in [-0.25, -0.2) is 4.21 Å². The van der Waals surface area contributed by atoms with E-state index in [9.17, 15) is 24.4 Å². The van der Waals surface area contributed by atoms with E-state index in [2.05, 4.69) is 0 Å². The molecule has 16 heavy (non-hydrogen) atoms. The van der Waals surface area contributed by atoms with Gasteiger partial charge in [0.1, 0.15) is 4.90 Å². The topological polar surface area (TPSA) is 124 Å². The molecule has 1 N–H and O–H groups in total. The van der Waals surface area contributed by atoms with E-state index in [0.29, 0.717) is 6.07 Å². The van der Waals surface area contributed by atoms with Gasteiger partial charge in [0.2, 0.25) is 0 Å². The molecule has 1 atom stereocenters. The molecule has 1 aromatic rings. The minimum absolute atomic E-state index is 0. The summed E-state index contributed by atoms with van der Waals surface area (Å²) in [6.07, 6.45) is 0. The summed E-state index contributed by atoms with van der Waals surface area (Å²) in [6.45, 7) is 0. The van der Waals surface area contributed by atoms with Crippen molar-refractivity contribution in [2.75, 3.05) is 0 Å². The molecule has 0 radical (unpaired) electrons. The van der Waals surface area contributed by atoms with Crippen LogP contribution in [0.3, 0.4) is 0 Å². The van der Waals surface area contributed by atoms with Gasteiger partial charge in [0.25, 0.3) is 11.4 Å². The fraction of sp³-hybridized carbons (Fsp3) is 0. The van der Waals surface area contributed by atoms with Gasteiger partial charge in [-0.15, -0.1) is 0 Å². The molecule has 1 unspecified atom stereocenters. The summed E-state index contributed by atoms with van der Waals surface area (Å²) >= 11 is -2.55. The molecule has 1 aromatic carbocycles. The Morgan fingerprint density at radius 1 is 1.19 bits per heavy atom. The third kappa shape index (κ3) is 3.32. The van der Waals surface area contributed by atoms with E-state index >= 15 is 0 Å². The quantitative estimate of drug-likeness (QED) is 0.362. The van der Waals surface area contributed by atoms with E-state index in [-0.39, 0.29) is 29.6 Å². The summed E-state index contributed by atoms with van der Waals surface area (Å²) in [5.74, 6) is 0. The number of rotatable bonds is 3. The van der Waals surface area contributed by atoms with Gasteiger partial charge in [-0.1, -0.05) is 0 Å². The second-order valence-corrected chi connectivity index (χ2v) is 3.35. The van der Waals surface area contributed by atoms with Gasteiger partial charge in [-0.05, 0) is 6.07 Å². The zero-order valence-electron chi connectivity index (χ0n) is 7.02. The Morgan fingerprint density at radius 3 is 2.12 bits per heavy atom. The minimum atomic E-state index is -2.55. The summed E-state index contributed by atoms with van der Waals surface area (Å²) in [7, 11) is 0. The first-order valence-electron chi connectivity index (χ1n) is 3.47. The summed E-state index contributed by atoms with van der Waals surface area (Å²) < 4.78 is 19.3. The van der Waals surface area contributed by atoms with Gasteiger partial charge in [0, 0.05) is 6.07 Å². The van der Waals surface area contributed by atoms with E-state index in [0.717, 1.165) is 12.1 Å². The molecule has 0 saturated carbocycles. The molecular formula is C6H5N2NaO6S. The van der Waals surface area contributed by atoms with Gasteiger partial charge >= 0.3 is 29.6 Å². The van der Waals surface area contributed by atoms with Gasteiger partial charge in [0.15, 0.2) is 11.1 Å². The monoisotopic (exact) mass is 256 g/mol. The molecule has 0 saturated heterocycles. The standard InChI is InChI=1S/C6H4N2O6S.Na.H/c9-7(10)4-1-2-6(15(13)14)5(3-4)8(11)12;;/h1-3H,(H,13,14);;. The van der Waals surface area contributed by atoms with E-state index in [4.69, 9.17) is 4.55 Å². The molecule has 0 aliphatic carbocycles. The molecule has 0 aliphatic rings. The number of hydrogen-bond acceptors (Lipinski definition) is 5. The maximum atomic E-state index is 10.6. The van der Waals surface area contributed by atoms with Gasteiger partial charge in [-0.3, -0.25) is 20.2 Å². The molecule has 0 heterocycles. The third-order valence-electron chi connectivity index (χ3n) is 1.54. The summed E-state index contributed by atoms with van der Waals surface area (Å²) in [6, 6.07) is 2.45. The Morgan fingerprint density at radius 2 is 1.75 bits per heavy atom. The normalized spacial score (nSPS) is 11.3. The van der Waals surface area contributed by atoms with Crippen LogP contribution >= 0.6 is 0 Å². The van der Waals surface area contributed by atoms with E-state index in [1.807, 2.05) is 0 Å². The molecule has 0 bridgehead atoms. The molecule has 0 aliphatic heterocycles. The van der Waals surface area contributed by atoms with Crippen LogP contribution in [-0.2, 0) is 11.1 Å². The number of nitro groups is 2. The van der Waals surface area contributed by atoms with Crippen molar-refractivity contribution in [3.05, 3.63) is 38.4 Å². The van der Waals surface area contributed by atoms with E-state index < -0.39 is 37.2 Å². The van der Waals surface area contributed by atoms with Crippen molar-refractivity contribution in [2.24, 2.45) is 0 Å². The average molecular weight is 256 g/mol. The second-order valence-electron chi connectivity index (χ2n) is 2.42. The van der Waals surface area contributed by atoms with Crippen LogP contribution in [0.4, 0.5) is 11.4 Å². The van der Waals surface area contributed by atoms with Crippen molar-refractivity contribution in [3.8, 4) is 0 Å². The fourth-order valence-electron chi connectivity index (χ4n) is 0.910. The molecule has 0 amide bonds. The first-order chi connectivity index (χ1) is 6.93. The molecule has 8 nitrogen and oxygen atoms in total. The van der Waals surface area contributed by atoms with Gasteiger partial charge in [-0.2, -0.15) is 0 Å². The Balaban J connectivity index is 0.00000225. The van der Waals surface area contributed by atoms with Crippen LogP contribution in [0.15, 0.2) is 23.1 Å². The van der Waals surface area contributed by atoms with Crippen LogP contribution in [-0.4, -0.2) is 48.2 Å².